The molecule has 4 aromatic rings. The Bertz CT molecular complexity index is 1130. The van der Waals surface area contributed by atoms with Gasteiger partial charge in [-0.15, -0.1) is 0 Å². The van der Waals surface area contributed by atoms with Gasteiger partial charge in [0.2, 0.25) is 0 Å². The molecule has 3 N–H and O–H groups in total. The lowest BCUT2D eigenvalue weighted by atomic mass is 10.1. The largest absolute Gasteiger partial charge is 0.379 e. The maximum absolute atomic E-state index is 4.82. The summed E-state index contributed by atoms with van der Waals surface area (Å²) in [5.74, 6) is 0.932. The second-order valence-corrected chi connectivity index (χ2v) is 7.37. The quantitative estimate of drug-likeness (QED) is 0.464. The van der Waals surface area contributed by atoms with Crippen molar-refractivity contribution in [1.82, 2.24) is 15.0 Å². The number of hydrogen-bond donors (Lipinski definition) is 3. The Labute approximate surface area is 164 Å². The number of rotatable bonds is 5. The van der Waals surface area contributed by atoms with Crippen LogP contribution in [0.2, 0.25) is 0 Å². The lowest BCUT2D eigenvalue weighted by Gasteiger charge is -2.15. The molecule has 2 aromatic carbocycles. The third-order valence-corrected chi connectivity index (χ3v) is 5.54. The molecule has 0 fully saturated rings. The predicted octanol–water partition coefficient (Wildman–Crippen LogP) is 4.98. The number of aryl methyl sites for hydroxylation is 2. The van der Waals surface area contributed by atoms with Gasteiger partial charge < -0.3 is 15.6 Å². The maximum Gasteiger partial charge on any atom is 0.127 e. The van der Waals surface area contributed by atoms with Crippen LogP contribution in [0, 0.1) is 6.92 Å². The zero-order chi connectivity index (χ0) is 18.9. The SMILES string of the molecule is Cc1[nH]cnc1CNc1ccc2nc(N[C@@H]3CCc4ccccc43)ccc2c1. The van der Waals surface area contributed by atoms with Crippen molar-refractivity contribution < 1.29 is 0 Å². The van der Waals surface area contributed by atoms with Crippen LogP contribution in [0.1, 0.15) is 35.0 Å². The maximum atomic E-state index is 4.82. The van der Waals surface area contributed by atoms with Gasteiger partial charge in [-0.1, -0.05) is 24.3 Å². The minimum absolute atomic E-state index is 0.346. The number of nitrogens with zero attached hydrogens (tertiary/aromatic N) is 2. The Morgan fingerprint density at radius 1 is 1.11 bits per heavy atom. The highest BCUT2D eigenvalue weighted by atomic mass is 15.0. The first-order valence-corrected chi connectivity index (χ1v) is 9.74. The van der Waals surface area contributed by atoms with Crippen molar-refractivity contribution in [1.29, 1.82) is 0 Å². The molecule has 0 aliphatic heterocycles. The van der Waals surface area contributed by atoms with Gasteiger partial charge in [0.05, 0.1) is 30.1 Å². The summed E-state index contributed by atoms with van der Waals surface area (Å²) in [7, 11) is 0. The number of hydrogen-bond acceptors (Lipinski definition) is 4. The fourth-order valence-electron chi connectivity index (χ4n) is 3.95. The summed E-state index contributed by atoms with van der Waals surface area (Å²) in [5, 5.41) is 8.18. The number of H-pyrrole nitrogens is 1. The molecule has 1 atom stereocenters. The average molecular weight is 369 g/mol. The molecule has 1 aliphatic carbocycles. The summed E-state index contributed by atoms with van der Waals surface area (Å²) in [6.45, 7) is 2.74. The number of anilines is 2. The second kappa shape index (κ2) is 7.00. The molecule has 5 rings (SSSR count). The first-order valence-electron chi connectivity index (χ1n) is 9.74. The number of imidazole rings is 1. The van der Waals surface area contributed by atoms with E-state index in [4.69, 9.17) is 4.98 Å². The Hall–Kier alpha value is -3.34. The van der Waals surface area contributed by atoms with E-state index in [-0.39, 0.29) is 0 Å². The number of benzene rings is 2. The normalized spacial score (nSPS) is 15.5. The molecular formula is C23H23N5. The third kappa shape index (κ3) is 3.20. The number of fused-ring (bicyclic) bond motifs is 2. The topological polar surface area (TPSA) is 65.6 Å². The fourth-order valence-corrected chi connectivity index (χ4v) is 3.95. The van der Waals surface area contributed by atoms with Crippen LogP contribution in [-0.4, -0.2) is 15.0 Å². The van der Waals surface area contributed by atoms with E-state index in [0.717, 1.165) is 46.6 Å². The molecule has 0 amide bonds. The molecule has 28 heavy (non-hydrogen) atoms. The number of nitrogens with one attached hydrogen (secondary N) is 3. The zero-order valence-corrected chi connectivity index (χ0v) is 15.9. The molecule has 0 saturated heterocycles. The highest BCUT2D eigenvalue weighted by molar-refractivity contribution is 5.83. The van der Waals surface area contributed by atoms with Crippen molar-refractivity contribution in [2.24, 2.45) is 0 Å². The number of aromatic nitrogens is 3. The van der Waals surface area contributed by atoms with Gasteiger partial charge in [-0.05, 0) is 61.2 Å². The van der Waals surface area contributed by atoms with E-state index in [2.05, 4.69) is 75.2 Å². The first kappa shape index (κ1) is 16.8. The fraction of sp³-hybridized carbons (Fsp3) is 0.217. The average Bonchev–Trinajstić information content (AvgIpc) is 3.32. The molecule has 0 spiro atoms. The molecular weight excluding hydrogens is 346 g/mol. The Morgan fingerprint density at radius 3 is 2.93 bits per heavy atom. The molecule has 0 saturated carbocycles. The molecule has 5 nitrogen and oxygen atoms in total. The van der Waals surface area contributed by atoms with Crippen molar-refractivity contribution in [3.8, 4) is 0 Å². The zero-order valence-electron chi connectivity index (χ0n) is 15.9. The highest BCUT2D eigenvalue weighted by Crippen LogP contribution is 2.33. The van der Waals surface area contributed by atoms with Gasteiger partial charge in [0.15, 0.2) is 0 Å². The van der Waals surface area contributed by atoms with Crippen LogP contribution in [0.5, 0.6) is 0 Å². The van der Waals surface area contributed by atoms with Crippen LogP contribution in [0.4, 0.5) is 11.5 Å². The molecule has 0 bridgehead atoms. The molecule has 1 aliphatic rings. The first-order chi connectivity index (χ1) is 13.8. The van der Waals surface area contributed by atoms with Crippen LogP contribution < -0.4 is 10.6 Å². The molecule has 2 heterocycles. The molecule has 5 heteroatoms. The number of aromatic amines is 1. The van der Waals surface area contributed by atoms with Gasteiger partial charge in [-0.3, -0.25) is 0 Å². The molecule has 0 radical (unpaired) electrons. The molecule has 0 unspecified atom stereocenters. The van der Waals surface area contributed by atoms with Gasteiger partial charge >= 0.3 is 0 Å². The Kier molecular flexibility index (Phi) is 4.20. The summed E-state index contributed by atoms with van der Waals surface area (Å²) in [6, 6.07) is 19.5. The third-order valence-electron chi connectivity index (χ3n) is 5.54. The van der Waals surface area contributed by atoms with Crippen LogP contribution >= 0.6 is 0 Å². The van der Waals surface area contributed by atoms with Crippen LogP contribution in [0.15, 0.2) is 60.9 Å². The lowest BCUT2D eigenvalue weighted by Crippen LogP contribution is -2.08. The summed E-state index contributed by atoms with van der Waals surface area (Å²) in [5.41, 5.74) is 7.05. The Morgan fingerprint density at radius 2 is 2.04 bits per heavy atom. The summed E-state index contributed by atoms with van der Waals surface area (Å²) in [4.78, 5) is 12.3. The van der Waals surface area contributed by atoms with E-state index < -0.39 is 0 Å². The van der Waals surface area contributed by atoms with Crippen molar-refractivity contribution in [2.75, 3.05) is 10.6 Å². The van der Waals surface area contributed by atoms with Gasteiger partial charge in [0.25, 0.3) is 0 Å². The van der Waals surface area contributed by atoms with Crippen LogP contribution in [0.25, 0.3) is 10.9 Å². The van der Waals surface area contributed by atoms with Gasteiger partial charge in [-0.25, -0.2) is 9.97 Å². The highest BCUT2D eigenvalue weighted by Gasteiger charge is 2.21. The van der Waals surface area contributed by atoms with Crippen molar-refractivity contribution >= 4 is 22.4 Å². The minimum Gasteiger partial charge on any atom is -0.379 e. The lowest BCUT2D eigenvalue weighted by molar-refractivity contribution is 0.758. The van der Waals surface area contributed by atoms with Crippen molar-refractivity contribution in [3.63, 3.8) is 0 Å². The smallest absolute Gasteiger partial charge is 0.127 e. The molecule has 140 valence electrons. The van der Waals surface area contributed by atoms with E-state index in [1.807, 2.05) is 6.92 Å². The van der Waals surface area contributed by atoms with Gasteiger partial charge in [0.1, 0.15) is 5.82 Å². The van der Waals surface area contributed by atoms with Gasteiger partial charge in [0, 0.05) is 16.8 Å². The van der Waals surface area contributed by atoms with E-state index in [9.17, 15) is 0 Å². The predicted molar refractivity (Wildman–Crippen MR) is 114 cm³/mol. The second-order valence-electron chi connectivity index (χ2n) is 7.37. The van der Waals surface area contributed by atoms with E-state index in [1.165, 1.54) is 11.1 Å². The van der Waals surface area contributed by atoms with Crippen LogP contribution in [0.3, 0.4) is 0 Å². The van der Waals surface area contributed by atoms with E-state index in [0.29, 0.717) is 12.6 Å². The van der Waals surface area contributed by atoms with Gasteiger partial charge in [-0.2, -0.15) is 0 Å². The van der Waals surface area contributed by atoms with Crippen molar-refractivity contribution in [3.05, 3.63) is 83.4 Å². The van der Waals surface area contributed by atoms with E-state index >= 15 is 0 Å². The minimum atomic E-state index is 0.346. The summed E-state index contributed by atoms with van der Waals surface area (Å²) in [6.07, 6.45) is 3.98. The monoisotopic (exact) mass is 369 g/mol. The van der Waals surface area contributed by atoms with Crippen LogP contribution in [-0.2, 0) is 13.0 Å². The summed E-state index contributed by atoms with van der Waals surface area (Å²) >= 11 is 0. The number of pyridine rings is 1. The van der Waals surface area contributed by atoms with E-state index in [1.54, 1.807) is 6.33 Å². The van der Waals surface area contributed by atoms with Crippen molar-refractivity contribution in [2.45, 2.75) is 32.4 Å². The molecule has 2 aromatic heterocycles. The Balaban J connectivity index is 1.32. The summed E-state index contributed by atoms with van der Waals surface area (Å²) < 4.78 is 0. The standard InChI is InChI=1S/C23H23N5/c1-15-22(26-14-25-15)13-24-18-8-10-20-17(12-18)7-11-23(27-20)28-21-9-6-16-4-2-3-5-19(16)21/h2-5,7-8,10-12,14,21,24H,6,9,13H2,1H3,(H,25,26)(H,27,28)/t21-/m1/s1.